The lowest BCUT2D eigenvalue weighted by Gasteiger charge is -2.43. The van der Waals surface area contributed by atoms with Crippen molar-refractivity contribution < 1.29 is 24.3 Å². The van der Waals surface area contributed by atoms with Crippen LogP contribution in [-0.4, -0.2) is 61.2 Å². The molecule has 0 aliphatic carbocycles. The fourth-order valence-electron chi connectivity index (χ4n) is 4.71. The van der Waals surface area contributed by atoms with Crippen LogP contribution in [0.2, 0.25) is 0 Å². The zero-order valence-corrected chi connectivity index (χ0v) is 23.2. The first-order valence-electron chi connectivity index (χ1n) is 13.5. The minimum atomic E-state index is -2.41. The van der Waals surface area contributed by atoms with Gasteiger partial charge in [0.05, 0.1) is 24.1 Å². The Kier molecular flexibility index (Phi) is 13.7. The molecule has 0 aliphatic rings. The number of aromatic nitrogens is 2. The van der Waals surface area contributed by atoms with Gasteiger partial charge in [0.1, 0.15) is 0 Å². The third-order valence-corrected chi connectivity index (χ3v) is 6.73. The minimum Gasteiger partial charge on any atom is -0.479 e. The Labute approximate surface area is 220 Å². The van der Waals surface area contributed by atoms with E-state index in [4.69, 9.17) is 11.5 Å². The van der Waals surface area contributed by atoms with E-state index >= 15 is 0 Å². The smallest absolute Gasteiger partial charge is 0.338 e. The quantitative estimate of drug-likeness (QED) is 0.168. The van der Waals surface area contributed by atoms with Crippen LogP contribution in [0.3, 0.4) is 0 Å². The summed E-state index contributed by atoms with van der Waals surface area (Å²) in [5.74, 6) is -4.99. The second-order valence-electron chi connectivity index (χ2n) is 10.6. The number of amides is 2. The van der Waals surface area contributed by atoms with Gasteiger partial charge < -0.3 is 21.6 Å². The van der Waals surface area contributed by atoms with E-state index in [1.807, 2.05) is 13.8 Å². The van der Waals surface area contributed by atoms with E-state index in [1.54, 1.807) is 6.20 Å². The van der Waals surface area contributed by atoms with Gasteiger partial charge in [-0.15, -0.1) is 0 Å². The van der Waals surface area contributed by atoms with Gasteiger partial charge in [0.25, 0.3) is 0 Å². The van der Waals surface area contributed by atoms with Crippen molar-refractivity contribution in [1.82, 2.24) is 14.9 Å². The first-order valence-corrected chi connectivity index (χ1v) is 13.5. The van der Waals surface area contributed by atoms with E-state index in [9.17, 15) is 24.3 Å². The molecule has 1 heterocycles. The van der Waals surface area contributed by atoms with Crippen molar-refractivity contribution in [3.05, 3.63) is 18.2 Å². The average molecular weight is 522 g/mol. The van der Waals surface area contributed by atoms with Crippen molar-refractivity contribution in [2.45, 2.75) is 116 Å². The van der Waals surface area contributed by atoms with E-state index < -0.39 is 47.1 Å². The minimum absolute atomic E-state index is 0.00955. The molecule has 210 valence electrons. The van der Waals surface area contributed by atoms with Gasteiger partial charge in [-0.1, -0.05) is 73.1 Å². The number of nitrogens with zero attached hydrogens (tertiary/aromatic N) is 2. The molecule has 0 saturated heterocycles. The van der Waals surface area contributed by atoms with E-state index in [0.717, 1.165) is 38.5 Å². The summed E-state index contributed by atoms with van der Waals surface area (Å²) in [4.78, 5) is 61.3. The number of carboxylic acids is 1. The highest BCUT2D eigenvalue weighted by Gasteiger charge is 2.58. The summed E-state index contributed by atoms with van der Waals surface area (Å²) in [6, 6.07) is -2.45. The highest BCUT2D eigenvalue weighted by molar-refractivity contribution is 6.16. The lowest BCUT2D eigenvalue weighted by Crippen LogP contribution is -2.71. The molecule has 0 fully saturated rings. The number of H-pyrrole nitrogens is 1. The Balaban J connectivity index is 3.36. The number of aliphatic carboxylic acids is 1. The maximum absolute atomic E-state index is 13.7. The standard InChI is InChI=1S/C27H47N5O5/c1-6-7-8-9-10-11-12-13-23(33)27(19(4)5,26(36)37)32(24(34)21(28)14-18(2)3)25(35)22(29)15-20-16-30-17-31-20/h16-19,21-22H,6-15,28-29H2,1-5H3,(H,30,31)(H,36,37). The maximum atomic E-state index is 13.7. The van der Waals surface area contributed by atoms with E-state index in [-0.39, 0.29) is 25.2 Å². The number of rotatable bonds is 18. The summed E-state index contributed by atoms with van der Waals surface area (Å²) >= 11 is 0. The summed E-state index contributed by atoms with van der Waals surface area (Å²) in [5, 5.41) is 10.5. The Morgan fingerprint density at radius 2 is 1.54 bits per heavy atom. The Morgan fingerprint density at radius 3 is 2.03 bits per heavy atom. The lowest BCUT2D eigenvalue weighted by molar-refractivity contribution is -0.175. The molecule has 10 heteroatoms. The first kappa shape index (κ1) is 32.4. The molecule has 0 bridgehead atoms. The zero-order chi connectivity index (χ0) is 28.2. The van der Waals surface area contributed by atoms with Gasteiger partial charge >= 0.3 is 5.97 Å². The predicted octanol–water partition coefficient (Wildman–Crippen LogP) is 3.20. The second kappa shape index (κ2) is 15.6. The third-order valence-electron chi connectivity index (χ3n) is 6.73. The number of Topliss-reactive ketones (excluding diaryl/α,β-unsaturated/α-hetero) is 1. The van der Waals surface area contributed by atoms with Crippen LogP contribution in [-0.2, 0) is 25.6 Å². The summed E-state index contributed by atoms with van der Waals surface area (Å²) < 4.78 is 0. The van der Waals surface area contributed by atoms with Gasteiger partial charge in [0.2, 0.25) is 17.4 Å². The monoisotopic (exact) mass is 521 g/mol. The Hall–Kier alpha value is -2.59. The number of carbonyl (C=O) groups excluding carboxylic acids is 3. The van der Waals surface area contributed by atoms with Gasteiger partial charge in [0, 0.05) is 19.0 Å². The number of carbonyl (C=O) groups is 4. The number of ketones is 1. The zero-order valence-electron chi connectivity index (χ0n) is 23.2. The maximum Gasteiger partial charge on any atom is 0.338 e. The lowest BCUT2D eigenvalue weighted by atomic mass is 9.77. The Morgan fingerprint density at radius 1 is 0.973 bits per heavy atom. The highest BCUT2D eigenvalue weighted by Crippen LogP contribution is 2.32. The van der Waals surface area contributed by atoms with Crippen molar-refractivity contribution in [3.63, 3.8) is 0 Å². The van der Waals surface area contributed by atoms with Gasteiger partial charge in [-0.2, -0.15) is 0 Å². The number of unbranched alkanes of at least 4 members (excludes halogenated alkanes) is 6. The normalized spacial score (nSPS) is 14.8. The van der Waals surface area contributed by atoms with Crippen molar-refractivity contribution >= 4 is 23.6 Å². The number of hydrogen-bond donors (Lipinski definition) is 4. The van der Waals surface area contributed by atoms with E-state index in [0.29, 0.717) is 17.0 Å². The molecule has 1 aromatic heterocycles. The van der Waals surface area contributed by atoms with Crippen LogP contribution in [0.25, 0.3) is 0 Å². The van der Waals surface area contributed by atoms with Crippen molar-refractivity contribution in [2.24, 2.45) is 23.3 Å². The number of imide groups is 1. The number of hydrogen-bond acceptors (Lipinski definition) is 7. The SMILES string of the molecule is CCCCCCCCCC(=O)C(C(=O)O)(C(C)C)N(C(=O)C(N)Cc1c[nH]cn1)C(=O)C(N)CC(C)C. The van der Waals surface area contributed by atoms with E-state index in [2.05, 4.69) is 16.9 Å². The van der Waals surface area contributed by atoms with Crippen LogP contribution in [0.1, 0.15) is 98.1 Å². The van der Waals surface area contributed by atoms with Gasteiger partial charge in [0.15, 0.2) is 5.78 Å². The summed E-state index contributed by atoms with van der Waals surface area (Å²) in [7, 11) is 0. The van der Waals surface area contributed by atoms with Gasteiger partial charge in [-0.25, -0.2) is 9.78 Å². The molecule has 0 aromatic carbocycles. The van der Waals surface area contributed by atoms with Crippen molar-refractivity contribution in [1.29, 1.82) is 0 Å². The molecule has 1 aromatic rings. The molecule has 10 nitrogen and oxygen atoms in total. The largest absolute Gasteiger partial charge is 0.479 e. The highest BCUT2D eigenvalue weighted by atomic mass is 16.4. The summed E-state index contributed by atoms with van der Waals surface area (Å²) in [6.45, 7) is 8.91. The Bertz CT molecular complexity index is 871. The number of nitrogens with two attached hydrogens (primary N) is 2. The summed E-state index contributed by atoms with van der Waals surface area (Å²) in [6.07, 6.45) is 9.72. The van der Waals surface area contributed by atoms with Crippen LogP contribution in [0.5, 0.6) is 0 Å². The molecule has 0 aliphatic heterocycles. The number of imidazole rings is 1. The fourth-order valence-corrected chi connectivity index (χ4v) is 4.71. The number of aromatic amines is 1. The molecule has 6 N–H and O–H groups in total. The van der Waals surface area contributed by atoms with Gasteiger partial charge in [-0.3, -0.25) is 19.3 Å². The molecule has 0 spiro atoms. The molecule has 1 rings (SSSR count). The third kappa shape index (κ3) is 8.74. The molecule has 3 atom stereocenters. The predicted molar refractivity (Wildman–Crippen MR) is 142 cm³/mol. The molecule has 0 saturated carbocycles. The fraction of sp³-hybridized carbons (Fsp3) is 0.741. The van der Waals surface area contributed by atoms with Crippen LogP contribution in [0.4, 0.5) is 0 Å². The first-order chi connectivity index (χ1) is 17.4. The van der Waals surface area contributed by atoms with Crippen LogP contribution in [0, 0.1) is 11.8 Å². The van der Waals surface area contributed by atoms with Crippen LogP contribution >= 0.6 is 0 Å². The molecular weight excluding hydrogens is 474 g/mol. The van der Waals surface area contributed by atoms with Crippen molar-refractivity contribution in [3.8, 4) is 0 Å². The van der Waals surface area contributed by atoms with Crippen molar-refractivity contribution in [2.75, 3.05) is 0 Å². The second-order valence-corrected chi connectivity index (χ2v) is 10.6. The van der Waals surface area contributed by atoms with Crippen LogP contribution in [0.15, 0.2) is 12.5 Å². The van der Waals surface area contributed by atoms with Crippen LogP contribution < -0.4 is 11.5 Å². The molecule has 37 heavy (non-hydrogen) atoms. The molecular formula is C27H47N5O5. The van der Waals surface area contributed by atoms with E-state index in [1.165, 1.54) is 20.2 Å². The topological polar surface area (TPSA) is 172 Å². The number of nitrogens with one attached hydrogen (secondary N) is 1. The molecule has 2 amide bonds. The number of carboxylic acid groups (broad SMARTS) is 1. The average Bonchev–Trinajstić information content (AvgIpc) is 3.32. The molecule has 3 unspecified atom stereocenters. The molecule has 0 radical (unpaired) electrons. The van der Waals surface area contributed by atoms with Gasteiger partial charge in [-0.05, 0) is 24.7 Å². The summed E-state index contributed by atoms with van der Waals surface area (Å²) in [5.41, 5.74) is 10.4.